The first-order valence-electron chi connectivity index (χ1n) is 7.87. The molecule has 0 aliphatic carbocycles. The quantitative estimate of drug-likeness (QED) is 0.463. The van der Waals surface area contributed by atoms with E-state index in [2.05, 4.69) is 0 Å². The van der Waals surface area contributed by atoms with Crippen LogP contribution in [0, 0.1) is 0 Å². The molecule has 0 N–H and O–H groups in total. The van der Waals surface area contributed by atoms with E-state index in [4.69, 9.17) is 42.1 Å². The fourth-order valence-corrected chi connectivity index (χ4v) is 2.57. The van der Waals surface area contributed by atoms with E-state index in [0.717, 1.165) is 0 Å². The predicted molar refractivity (Wildman–Crippen MR) is 98.5 cm³/mol. The van der Waals surface area contributed by atoms with Gasteiger partial charge in [-0.2, -0.15) is 0 Å². The minimum absolute atomic E-state index is 0.0162. The molecule has 2 rings (SSSR count). The highest BCUT2D eigenvalue weighted by Gasteiger charge is 2.24. The number of benzene rings is 2. The predicted octanol–water partition coefficient (Wildman–Crippen LogP) is 5.99. The topological polar surface area (TPSA) is 71.1 Å². The van der Waals surface area contributed by atoms with Crippen LogP contribution >= 0.6 is 23.2 Å². The second kappa shape index (κ2) is 8.47. The zero-order chi connectivity index (χ0) is 19.4. The average molecular weight is 401 g/mol. The van der Waals surface area contributed by atoms with Gasteiger partial charge in [-0.1, -0.05) is 47.5 Å². The highest BCUT2D eigenvalue weighted by atomic mass is 35.5. The van der Waals surface area contributed by atoms with Gasteiger partial charge in [-0.25, -0.2) is 9.59 Å². The molecule has 0 saturated heterocycles. The molecule has 26 heavy (non-hydrogen) atoms. The lowest BCUT2D eigenvalue weighted by Crippen LogP contribution is -2.17. The standard InChI is InChI=1S/C18H18Cl2O6/c1-9(2)23-17(21)25-15-11-7-5-6-8-12(11)16(14(20)13(15)19)26-18(22)24-10(3)4/h5-10H,1-4H3. The maximum absolute atomic E-state index is 11.9. The molecular formula is C18H18Cl2O6. The van der Waals surface area contributed by atoms with Crippen LogP contribution < -0.4 is 9.47 Å². The van der Waals surface area contributed by atoms with Crippen LogP contribution in [-0.2, 0) is 9.47 Å². The fourth-order valence-electron chi connectivity index (χ4n) is 2.11. The Kier molecular flexibility index (Phi) is 6.56. The smallest absolute Gasteiger partial charge is 0.431 e. The van der Waals surface area contributed by atoms with E-state index in [1.807, 2.05) is 0 Å². The number of halogens is 2. The summed E-state index contributed by atoms with van der Waals surface area (Å²) in [5.41, 5.74) is 0. The van der Waals surface area contributed by atoms with Gasteiger partial charge in [0.15, 0.2) is 11.5 Å². The van der Waals surface area contributed by atoms with Crippen molar-refractivity contribution in [2.45, 2.75) is 39.9 Å². The summed E-state index contributed by atoms with van der Waals surface area (Å²) in [6.07, 6.45) is -2.57. The van der Waals surface area contributed by atoms with Crippen molar-refractivity contribution in [2.75, 3.05) is 0 Å². The third-order valence-electron chi connectivity index (χ3n) is 3.04. The summed E-state index contributed by atoms with van der Waals surface area (Å²) in [6, 6.07) is 6.72. The van der Waals surface area contributed by atoms with Crippen molar-refractivity contribution in [3.05, 3.63) is 34.3 Å². The number of ether oxygens (including phenoxy) is 4. The third-order valence-corrected chi connectivity index (χ3v) is 3.86. The van der Waals surface area contributed by atoms with Crippen molar-refractivity contribution in [3.8, 4) is 11.5 Å². The Hall–Kier alpha value is -2.18. The van der Waals surface area contributed by atoms with Gasteiger partial charge in [0.25, 0.3) is 0 Å². The maximum atomic E-state index is 11.9. The maximum Gasteiger partial charge on any atom is 0.514 e. The van der Waals surface area contributed by atoms with Crippen LogP contribution in [0.15, 0.2) is 24.3 Å². The highest BCUT2D eigenvalue weighted by Crippen LogP contribution is 2.46. The molecule has 0 fully saturated rings. The van der Waals surface area contributed by atoms with Crippen molar-refractivity contribution in [3.63, 3.8) is 0 Å². The van der Waals surface area contributed by atoms with Gasteiger partial charge in [0.2, 0.25) is 0 Å². The van der Waals surface area contributed by atoms with Crippen molar-refractivity contribution < 1.29 is 28.5 Å². The minimum atomic E-state index is -0.920. The lowest BCUT2D eigenvalue weighted by Gasteiger charge is -2.16. The molecule has 0 spiro atoms. The van der Waals surface area contributed by atoms with Crippen LogP contribution in [0.4, 0.5) is 9.59 Å². The van der Waals surface area contributed by atoms with Gasteiger partial charge in [-0.15, -0.1) is 0 Å². The van der Waals surface area contributed by atoms with Gasteiger partial charge in [0, 0.05) is 10.8 Å². The summed E-state index contributed by atoms with van der Waals surface area (Å²) >= 11 is 12.5. The van der Waals surface area contributed by atoms with Gasteiger partial charge in [-0.3, -0.25) is 0 Å². The summed E-state index contributed by atoms with van der Waals surface area (Å²) in [7, 11) is 0. The van der Waals surface area contributed by atoms with Crippen LogP contribution in [0.3, 0.4) is 0 Å². The Labute approximate surface area is 160 Å². The molecule has 2 aromatic rings. The van der Waals surface area contributed by atoms with Gasteiger partial charge < -0.3 is 18.9 Å². The summed E-state index contributed by atoms with van der Waals surface area (Å²) < 4.78 is 20.4. The SMILES string of the molecule is CC(C)OC(=O)Oc1c(Cl)c(Cl)c(OC(=O)OC(C)C)c2ccccc12. The van der Waals surface area contributed by atoms with E-state index < -0.39 is 12.3 Å². The molecule has 8 heteroatoms. The number of hydrogen-bond acceptors (Lipinski definition) is 6. The molecule has 0 aliphatic heterocycles. The van der Waals surface area contributed by atoms with E-state index >= 15 is 0 Å². The molecule has 2 aromatic carbocycles. The Morgan fingerprint density at radius 1 is 0.769 bits per heavy atom. The van der Waals surface area contributed by atoms with Crippen LogP contribution in [0.25, 0.3) is 10.8 Å². The normalized spacial score (nSPS) is 10.9. The molecule has 0 saturated carbocycles. The lowest BCUT2D eigenvalue weighted by molar-refractivity contribution is 0.0713. The molecule has 0 unspecified atom stereocenters. The van der Waals surface area contributed by atoms with Crippen LogP contribution in [-0.4, -0.2) is 24.5 Å². The summed E-state index contributed by atoms with van der Waals surface area (Å²) in [4.78, 5) is 23.7. The van der Waals surface area contributed by atoms with E-state index in [1.54, 1.807) is 52.0 Å². The number of rotatable bonds is 4. The van der Waals surface area contributed by atoms with E-state index in [0.29, 0.717) is 10.8 Å². The van der Waals surface area contributed by atoms with Crippen LogP contribution in [0.2, 0.25) is 10.0 Å². The van der Waals surface area contributed by atoms with Gasteiger partial charge >= 0.3 is 12.3 Å². The first-order valence-corrected chi connectivity index (χ1v) is 8.63. The molecule has 0 bridgehead atoms. The first kappa shape index (κ1) is 20.1. The zero-order valence-electron chi connectivity index (χ0n) is 14.7. The molecule has 6 nitrogen and oxygen atoms in total. The monoisotopic (exact) mass is 400 g/mol. The molecular weight excluding hydrogens is 383 g/mol. The summed E-state index contributed by atoms with van der Waals surface area (Å²) in [5.74, 6) is 0.0324. The lowest BCUT2D eigenvalue weighted by atomic mass is 10.1. The third kappa shape index (κ3) is 4.71. The van der Waals surface area contributed by atoms with Crippen molar-refractivity contribution in [2.24, 2.45) is 0 Å². The number of carbonyl (C=O) groups is 2. The van der Waals surface area contributed by atoms with E-state index in [9.17, 15) is 9.59 Å². The van der Waals surface area contributed by atoms with Gasteiger partial charge in [0.05, 0.1) is 12.2 Å². The Morgan fingerprint density at radius 2 is 1.12 bits per heavy atom. The Balaban J connectivity index is 2.50. The minimum Gasteiger partial charge on any atom is -0.431 e. The largest absolute Gasteiger partial charge is 0.514 e. The fraction of sp³-hybridized carbons (Fsp3) is 0.333. The van der Waals surface area contributed by atoms with E-state index in [-0.39, 0.29) is 33.8 Å². The van der Waals surface area contributed by atoms with Crippen molar-refractivity contribution in [1.82, 2.24) is 0 Å². The Morgan fingerprint density at radius 3 is 1.42 bits per heavy atom. The second-order valence-corrected chi connectivity index (χ2v) is 6.63. The molecule has 0 aromatic heterocycles. The molecule has 0 atom stereocenters. The van der Waals surface area contributed by atoms with Gasteiger partial charge in [0.1, 0.15) is 10.0 Å². The summed E-state index contributed by atoms with van der Waals surface area (Å²) in [6.45, 7) is 6.74. The Bertz CT molecular complexity index is 764. The van der Waals surface area contributed by atoms with Crippen molar-refractivity contribution in [1.29, 1.82) is 0 Å². The summed E-state index contributed by atoms with van der Waals surface area (Å²) in [5, 5.41) is 0.682. The molecule has 0 heterocycles. The number of fused-ring (bicyclic) bond motifs is 1. The van der Waals surface area contributed by atoms with Crippen LogP contribution in [0.5, 0.6) is 11.5 Å². The van der Waals surface area contributed by atoms with Crippen LogP contribution in [0.1, 0.15) is 27.7 Å². The van der Waals surface area contributed by atoms with Gasteiger partial charge in [-0.05, 0) is 27.7 Å². The second-order valence-electron chi connectivity index (χ2n) is 5.87. The zero-order valence-corrected chi connectivity index (χ0v) is 16.2. The molecule has 0 amide bonds. The number of carbonyl (C=O) groups excluding carboxylic acids is 2. The van der Waals surface area contributed by atoms with Crippen molar-refractivity contribution >= 4 is 46.3 Å². The highest BCUT2D eigenvalue weighted by molar-refractivity contribution is 6.45. The number of hydrogen-bond donors (Lipinski definition) is 0. The molecule has 140 valence electrons. The first-order chi connectivity index (χ1) is 12.2. The molecule has 0 aliphatic rings. The molecule has 0 radical (unpaired) electrons. The average Bonchev–Trinajstić information content (AvgIpc) is 2.54. The van der Waals surface area contributed by atoms with E-state index in [1.165, 1.54) is 0 Å².